The first-order valence-corrected chi connectivity index (χ1v) is 15.0. The number of nitrogens with one attached hydrogen (secondary N) is 1. The Morgan fingerprint density at radius 1 is 1.05 bits per heavy atom. The predicted molar refractivity (Wildman–Crippen MR) is 166 cm³/mol. The van der Waals surface area contributed by atoms with E-state index in [1.165, 1.54) is 0 Å². The van der Waals surface area contributed by atoms with E-state index in [9.17, 15) is 9.59 Å². The zero-order valence-electron chi connectivity index (χ0n) is 24.0. The number of benzene rings is 2. The van der Waals surface area contributed by atoms with Crippen LogP contribution in [0.4, 0.5) is 4.79 Å². The van der Waals surface area contributed by atoms with E-state index in [-0.39, 0.29) is 17.9 Å². The molecule has 222 valence electrons. The number of fused-ring (bicyclic) bond motifs is 1. The summed E-state index contributed by atoms with van der Waals surface area (Å²) in [6.45, 7) is 9.57. The molecule has 0 bridgehead atoms. The summed E-state index contributed by atoms with van der Waals surface area (Å²) in [4.78, 5) is 27.0. The molecule has 2 aromatic heterocycles. The number of carbonyl (C=O) groups is 2. The summed E-state index contributed by atoms with van der Waals surface area (Å²) in [5.41, 5.74) is 2.86. The summed E-state index contributed by atoms with van der Waals surface area (Å²) in [6, 6.07) is 12.6. The Balaban J connectivity index is 1.24. The minimum Gasteiger partial charge on any atom is -0.456 e. The number of aromatic nitrogens is 2. The number of aryl methyl sites for hydroxylation is 1. The lowest BCUT2D eigenvalue weighted by atomic mass is 9.97. The van der Waals surface area contributed by atoms with Crippen molar-refractivity contribution in [2.45, 2.75) is 52.7 Å². The Morgan fingerprint density at radius 3 is 2.48 bits per heavy atom. The van der Waals surface area contributed by atoms with Gasteiger partial charge in [0.25, 0.3) is 5.91 Å². The van der Waals surface area contributed by atoms with E-state index in [2.05, 4.69) is 10.4 Å². The monoisotopic (exact) mass is 630 g/mol. The first-order valence-electron chi connectivity index (χ1n) is 13.8. The SMILES string of the molecule is Cc1cc(C(=O)NCC2CCN(C(=O)OC(C)(C)C)CC2)nn1Cc1cc(Cl)cc2cc(-c3ccc(Cl)cc3Cl)oc12. The number of ether oxygens (including phenoxy) is 1. The quantitative estimate of drug-likeness (QED) is 0.233. The van der Waals surface area contributed by atoms with E-state index in [4.69, 9.17) is 44.0 Å². The van der Waals surface area contributed by atoms with Crippen LogP contribution in [0.25, 0.3) is 22.3 Å². The fraction of sp³-hybridized carbons (Fsp3) is 0.387. The number of nitrogens with zero attached hydrogens (tertiary/aromatic N) is 3. The molecule has 11 heteroatoms. The summed E-state index contributed by atoms with van der Waals surface area (Å²) >= 11 is 18.9. The van der Waals surface area contributed by atoms with Gasteiger partial charge in [0.2, 0.25) is 0 Å². The maximum Gasteiger partial charge on any atom is 0.410 e. The number of halogens is 3. The Hall–Kier alpha value is -3.20. The molecule has 1 N–H and O–H groups in total. The molecule has 0 spiro atoms. The standard InChI is InChI=1S/C31H33Cl3N4O4/c1-18-11-26(29(39)35-16-19-7-9-37(10-8-19)30(40)42-31(2,3)4)36-38(18)17-21-13-23(33)12-20-14-27(41-28(20)21)24-6-5-22(32)15-25(24)34/h5-6,11-15,19H,7-10,16-17H2,1-4H3,(H,35,39). The van der Waals surface area contributed by atoms with Crippen LogP contribution in [0.5, 0.6) is 0 Å². The van der Waals surface area contributed by atoms with Crippen molar-refractivity contribution in [1.82, 2.24) is 20.0 Å². The highest BCUT2D eigenvalue weighted by Crippen LogP contribution is 2.36. The van der Waals surface area contributed by atoms with Crippen molar-refractivity contribution in [3.05, 3.63) is 74.5 Å². The number of rotatable bonds is 6. The largest absolute Gasteiger partial charge is 0.456 e. The number of hydrogen-bond acceptors (Lipinski definition) is 5. The Labute approximate surface area is 259 Å². The van der Waals surface area contributed by atoms with Crippen LogP contribution >= 0.6 is 34.8 Å². The molecular formula is C31H33Cl3N4O4. The maximum absolute atomic E-state index is 13.0. The molecule has 2 aromatic carbocycles. The zero-order chi connectivity index (χ0) is 30.2. The van der Waals surface area contributed by atoms with Crippen LogP contribution in [0, 0.1) is 12.8 Å². The fourth-order valence-corrected chi connectivity index (χ4v) is 5.79. The number of piperidine rings is 1. The average Bonchev–Trinajstić information content (AvgIpc) is 3.50. The van der Waals surface area contributed by atoms with E-state index >= 15 is 0 Å². The van der Waals surface area contributed by atoms with Gasteiger partial charge in [-0.15, -0.1) is 0 Å². The summed E-state index contributed by atoms with van der Waals surface area (Å²) in [5, 5.41) is 10.0. The molecule has 4 aromatic rings. The van der Waals surface area contributed by atoms with Crippen molar-refractivity contribution in [1.29, 1.82) is 0 Å². The predicted octanol–water partition coefficient (Wildman–Crippen LogP) is 7.99. The Bertz CT molecular complexity index is 1630. The maximum atomic E-state index is 13.0. The molecule has 5 rings (SSSR count). The van der Waals surface area contributed by atoms with E-state index in [0.29, 0.717) is 58.3 Å². The molecule has 42 heavy (non-hydrogen) atoms. The van der Waals surface area contributed by atoms with Gasteiger partial charge in [0, 0.05) is 51.9 Å². The second-order valence-corrected chi connectivity index (χ2v) is 12.9. The number of hydrogen-bond donors (Lipinski definition) is 1. The highest BCUT2D eigenvalue weighted by molar-refractivity contribution is 6.36. The van der Waals surface area contributed by atoms with Gasteiger partial charge >= 0.3 is 6.09 Å². The fourth-order valence-electron chi connectivity index (χ4n) is 5.04. The summed E-state index contributed by atoms with van der Waals surface area (Å²) in [6.07, 6.45) is 1.30. The molecule has 1 aliphatic heterocycles. The lowest BCUT2D eigenvalue weighted by Crippen LogP contribution is -2.43. The molecule has 8 nitrogen and oxygen atoms in total. The highest BCUT2D eigenvalue weighted by Gasteiger charge is 2.27. The Morgan fingerprint density at radius 2 is 1.79 bits per heavy atom. The van der Waals surface area contributed by atoms with Crippen LogP contribution in [-0.4, -0.2) is 51.9 Å². The van der Waals surface area contributed by atoms with Crippen LogP contribution in [0.15, 0.2) is 46.9 Å². The lowest BCUT2D eigenvalue weighted by Gasteiger charge is -2.33. The third-order valence-electron chi connectivity index (χ3n) is 7.21. The van der Waals surface area contributed by atoms with Crippen LogP contribution < -0.4 is 5.32 Å². The summed E-state index contributed by atoms with van der Waals surface area (Å²) in [5.74, 6) is 0.641. The molecule has 0 atom stereocenters. The van der Waals surface area contributed by atoms with E-state index < -0.39 is 5.60 Å². The van der Waals surface area contributed by atoms with Crippen molar-refractivity contribution in [2.75, 3.05) is 19.6 Å². The van der Waals surface area contributed by atoms with Crippen molar-refractivity contribution < 1.29 is 18.7 Å². The van der Waals surface area contributed by atoms with Crippen molar-refractivity contribution in [2.24, 2.45) is 5.92 Å². The van der Waals surface area contributed by atoms with Crippen molar-refractivity contribution in [3.8, 4) is 11.3 Å². The van der Waals surface area contributed by atoms with Gasteiger partial charge in [-0.3, -0.25) is 9.48 Å². The van der Waals surface area contributed by atoms with E-state index in [1.54, 1.807) is 27.8 Å². The van der Waals surface area contributed by atoms with Gasteiger partial charge in [0.05, 0.1) is 11.6 Å². The summed E-state index contributed by atoms with van der Waals surface area (Å²) in [7, 11) is 0. The second-order valence-electron chi connectivity index (χ2n) is 11.7. The van der Waals surface area contributed by atoms with E-state index in [0.717, 1.165) is 35.0 Å². The van der Waals surface area contributed by atoms with Gasteiger partial charge in [-0.05, 0) is 88.9 Å². The molecular weight excluding hydrogens is 599 g/mol. The highest BCUT2D eigenvalue weighted by atomic mass is 35.5. The molecule has 0 unspecified atom stereocenters. The molecule has 0 aliphatic carbocycles. The average molecular weight is 632 g/mol. The minimum atomic E-state index is -0.519. The lowest BCUT2D eigenvalue weighted by molar-refractivity contribution is 0.0183. The molecule has 0 saturated carbocycles. The second kappa shape index (κ2) is 12.2. The molecule has 1 saturated heterocycles. The number of amides is 2. The summed E-state index contributed by atoms with van der Waals surface area (Å²) < 4.78 is 13.5. The van der Waals surface area contributed by atoms with E-state index in [1.807, 2.05) is 52.0 Å². The first kappa shape index (κ1) is 30.3. The molecule has 2 amide bonds. The van der Waals surface area contributed by atoms with Crippen molar-refractivity contribution >= 4 is 57.8 Å². The molecule has 3 heterocycles. The smallest absolute Gasteiger partial charge is 0.410 e. The van der Waals surface area contributed by atoms with Gasteiger partial charge in [0.1, 0.15) is 22.6 Å². The molecule has 0 radical (unpaired) electrons. The van der Waals surface area contributed by atoms with Crippen LogP contribution in [0.3, 0.4) is 0 Å². The molecule has 1 fully saturated rings. The first-order chi connectivity index (χ1) is 19.9. The van der Waals surface area contributed by atoms with Gasteiger partial charge in [0.15, 0.2) is 0 Å². The van der Waals surface area contributed by atoms with Gasteiger partial charge in [-0.1, -0.05) is 34.8 Å². The number of carbonyl (C=O) groups excluding carboxylic acids is 2. The number of likely N-dealkylation sites (tertiary alicyclic amines) is 1. The molecule has 1 aliphatic rings. The Kier molecular flexibility index (Phi) is 8.78. The zero-order valence-corrected chi connectivity index (χ0v) is 26.2. The minimum absolute atomic E-state index is 0.236. The topological polar surface area (TPSA) is 89.6 Å². The number of furan rings is 1. The van der Waals surface area contributed by atoms with Crippen LogP contribution in [0.2, 0.25) is 15.1 Å². The third kappa shape index (κ3) is 7.05. The van der Waals surface area contributed by atoms with Gasteiger partial charge < -0.3 is 19.4 Å². The van der Waals surface area contributed by atoms with Gasteiger partial charge in [-0.2, -0.15) is 5.10 Å². The van der Waals surface area contributed by atoms with Crippen molar-refractivity contribution in [3.63, 3.8) is 0 Å². The normalized spacial score (nSPS) is 14.4. The van der Waals surface area contributed by atoms with Crippen LogP contribution in [0.1, 0.15) is 55.4 Å². The van der Waals surface area contributed by atoms with Crippen LogP contribution in [-0.2, 0) is 11.3 Å². The third-order valence-corrected chi connectivity index (χ3v) is 7.97. The van der Waals surface area contributed by atoms with Gasteiger partial charge in [-0.25, -0.2) is 4.79 Å².